The third-order valence-electron chi connectivity index (χ3n) is 2.80. The highest BCUT2D eigenvalue weighted by Crippen LogP contribution is 2.24. The van der Waals surface area contributed by atoms with E-state index in [4.69, 9.17) is 4.74 Å². The summed E-state index contributed by atoms with van der Waals surface area (Å²) in [4.78, 5) is 0. The Morgan fingerprint density at radius 3 is 2.47 bits per heavy atom. The van der Waals surface area contributed by atoms with Crippen LogP contribution in [0.5, 0.6) is 5.75 Å². The maximum absolute atomic E-state index is 13.1. The van der Waals surface area contributed by atoms with E-state index in [-0.39, 0.29) is 11.7 Å². The fraction of sp³-hybridized carbons (Fsp3) is 0.200. The van der Waals surface area contributed by atoms with E-state index in [0.717, 1.165) is 5.33 Å². The van der Waals surface area contributed by atoms with Crippen LogP contribution in [0.15, 0.2) is 53.0 Å². The fourth-order valence-electron chi connectivity index (χ4n) is 1.72. The molecule has 0 spiro atoms. The summed E-state index contributed by atoms with van der Waals surface area (Å²) in [5, 5.41) is 0.819. The van der Waals surface area contributed by atoms with Crippen molar-refractivity contribution >= 4 is 31.9 Å². The molecule has 0 saturated carbocycles. The second-order valence-electron chi connectivity index (χ2n) is 4.15. The number of hydrogen-bond donors (Lipinski definition) is 0. The average Bonchev–Trinajstić information content (AvgIpc) is 2.44. The van der Waals surface area contributed by atoms with Gasteiger partial charge in [0.2, 0.25) is 0 Å². The van der Waals surface area contributed by atoms with E-state index in [1.165, 1.54) is 11.6 Å². The largest absolute Gasteiger partial charge is 0.493 e. The molecule has 0 fully saturated rings. The minimum atomic E-state index is -0.285. The first-order chi connectivity index (χ1) is 9.20. The molecule has 1 nitrogen and oxygen atoms in total. The predicted molar refractivity (Wildman–Crippen MR) is 82.6 cm³/mol. The molecular formula is C15H13Br2FO. The minimum Gasteiger partial charge on any atom is -0.493 e. The van der Waals surface area contributed by atoms with E-state index in [0.29, 0.717) is 16.8 Å². The van der Waals surface area contributed by atoms with Crippen LogP contribution in [0.2, 0.25) is 0 Å². The van der Waals surface area contributed by atoms with E-state index in [1.54, 1.807) is 12.1 Å². The quantitative estimate of drug-likeness (QED) is 0.645. The zero-order valence-corrected chi connectivity index (χ0v) is 13.3. The Kier molecular flexibility index (Phi) is 5.40. The van der Waals surface area contributed by atoms with Gasteiger partial charge in [-0.2, -0.15) is 0 Å². The van der Waals surface area contributed by atoms with Gasteiger partial charge in [0.1, 0.15) is 11.6 Å². The van der Waals surface area contributed by atoms with Gasteiger partial charge in [-0.3, -0.25) is 0 Å². The van der Waals surface area contributed by atoms with Gasteiger partial charge in [0, 0.05) is 11.2 Å². The molecule has 0 heterocycles. The Hall–Kier alpha value is -0.870. The van der Waals surface area contributed by atoms with E-state index < -0.39 is 0 Å². The standard InChI is InChI=1S/C15H13Br2FO/c16-9-12(11-4-2-1-3-5-11)10-19-13-6-7-15(18)14(17)8-13/h1-8,12H,9-10H2. The SMILES string of the molecule is Fc1ccc(OCC(CBr)c2ccccc2)cc1Br. The van der Waals surface area contributed by atoms with Crippen LogP contribution >= 0.6 is 31.9 Å². The lowest BCUT2D eigenvalue weighted by molar-refractivity contribution is 0.297. The Bertz CT molecular complexity index is 531. The first-order valence-corrected chi connectivity index (χ1v) is 7.81. The third kappa shape index (κ3) is 4.05. The number of benzene rings is 2. The lowest BCUT2D eigenvalue weighted by Gasteiger charge is -2.16. The molecule has 0 aliphatic heterocycles. The van der Waals surface area contributed by atoms with Crippen molar-refractivity contribution in [2.75, 3.05) is 11.9 Å². The number of hydrogen-bond acceptors (Lipinski definition) is 1. The molecule has 0 amide bonds. The lowest BCUT2D eigenvalue weighted by atomic mass is 10.0. The molecule has 19 heavy (non-hydrogen) atoms. The Morgan fingerprint density at radius 1 is 1.11 bits per heavy atom. The molecule has 4 heteroatoms. The van der Waals surface area contributed by atoms with Crippen LogP contribution in [0.3, 0.4) is 0 Å². The summed E-state index contributed by atoms with van der Waals surface area (Å²) in [7, 11) is 0. The van der Waals surface area contributed by atoms with Gasteiger partial charge < -0.3 is 4.74 Å². The maximum Gasteiger partial charge on any atom is 0.137 e. The van der Waals surface area contributed by atoms with Gasteiger partial charge in [-0.1, -0.05) is 46.3 Å². The zero-order chi connectivity index (χ0) is 13.7. The normalized spacial score (nSPS) is 12.2. The Labute approximate surface area is 129 Å². The molecule has 0 aliphatic rings. The second-order valence-corrected chi connectivity index (χ2v) is 5.65. The van der Waals surface area contributed by atoms with Gasteiger partial charge in [-0.25, -0.2) is 4.39 Å². The van der Waals surface area contributed by atoms with Crippen LogP contribution in [-0.4, -0.2) is 11.9 Å². The van der Waals surface area contributed by atoms with Crippen molar-refractivity contribution in [3.8, 4) is 5.75 Å². The molecule has 100 valence electrons. The molecule has 0 saturated heterocycles. The molecule has 0 radical (unpaired) electrons. The van der Waals surface area contributed by atoms with Crippen molar-refractivity contribution in [1.82, 2.24) is 0 Å². The van der Waals surface area contributed by atoms with Crippen molar-refractivity contribution in [2.45, 2.75) is 5.92 Å². The lowest BCUT2D eigenvalue weighted by Crippen LogP contribution is -2.11. The number of ether oxygens (including phenoxy) is 1. The Morgan fingerprint density at radius 2 is 1.84 bits per heavy atom. The van der Waals surface area contributed by atoms with Crippen molar-refractivity contribution < 1.29 is 9.13 Å². The summed E-state index contributed by atoms with van der Waals surface area (Å²) < 4.78 is 19.3. The van der Waals surface area contributed by atoms with Gasteiger partial charge in [0.15, 0.2) is 0 Å². The van der Waals surface area contributed by atoms with Crippen LogP contribution in [0.4, 0.5) is 4.39 Å². The maximum atomic E-state index is 13.1. The van der Waals surface area contributed by atoms with Gasteiger partial charge in [-0.15, -0.1) is 0 Å². The molecule has 2 rings (SSSR count). The summed E-state index contributed by atoms with van der Waals surface area (Å²) in [5.41, 5.74) is 1.22. The van der Waals surface area contributed by atoms with E-state index in [2.05, 4.69) is 44.0 Å². The van der Waals surface area contributed by atoms with Crippen molar-refractivity contribution in [2.24, 2.45) is 0 Å². The molecular weight excluding hydrogens is 375 g/mol. The van der Waals surface area contributed by atoms with Gasteiger partial charge in [-0.05, 0) is 39.7 Å². The van der Waals surface area contributed by atoms with Crippen LogP contribution in [0.25, 0.3) is 0 Å². The molecule has 0 N–H and O–H groups in total. The fourth-order valence-corrected chi connectivity index (χ4v) is 2.64. The molecule has 2 aromatic carbocycles. The van der Waals surface area contributed by atoms with E-state index in [9.17, 15) is 4.39 Å². The van der Waals surface area contributed by atoms with Gasteiger partial charge in [0.05, 0.1) is 11.1 Å². The first-order valence-electron chi connectivity index (χ1n) is 5.89. The summed E-state index contributed by atoms with van der Waals surface area (Å²) in [6, 6.07) is 14.9. The predicted octanol–water partition coefficient (Wildman–Crippen LogP) is 5.15. The third-order valence-corrected chi connectivity index (χ3v) is 4.19. The van der Waals surface area contributed by atoms with Crippen LogP contribution in [0.1, 0.15) is 11.5 Å². The van der Waals surface area contributed by atoms with Crippen LogP contribution < -0.4 is 4.74 Å². The summed E-state index contributed by atoms with van der Waals surface area (Å²) in [6.45, 7) is 0.549. The number of rotatable bonds is 5. The summed E-state index contributed by atoms with van der Waals surface area (Å²) in [5.74, 6) is 0.646. The highest BCUT2D eigenvalue weighted by Gasteiger charge is 2.11. The topological polar surface area (TPSA) is 9.23 Å². The minimum absolute atomic E-state index is 0.269. The smallest absolute Gasteiger partial charge is 0.137 e. The number of halogens is 3. The van der Waals surface area contributed by atoms with E-state index in [1.807, 2.05) is 18.2 Å². The van der Waals surface area contributed by atoms with Crippen LogP contribution in [-0.2, 0) is 0 Å². The monoisotopic (exact) mass is 386 g/mol. The van der Waals surface area contributed by atoms with Gasteiger partial charge >= 0.3 is 0 Å². The van der Waals surface area contributed by atoms with Crippen molar-refractivity contribution in [1.29, 1.82) is 0 Å². The first kappa shape index (κ1) is 14.5. The molecule has 1 atom stereocenters. The molecule has 1 unspecified atom stereocenters. The Balaban J connectivity index is 2.02. The van der Waals surface area contributed by atoms with E-state index >= 15 is 0 Å². The number of alkyl halides is 1. The zero-order valence-electron chi connectivity index (χ0n) is 10.2. The average molecular weight is 388 g/mol. The van der Waals surface area contributed by atoms with Crippen molar-refractivity contribution in [3.63, 3.8) is 0 Å². The summed E-state index contributed by atoms with van der Waals surface area (Å²) in [6.07, 6.45) is 0. The second kappa shape index (κ2) is 7.06. The van der Waals surface area contributed by atoms with Crippen LogP contribution in [0, 0.1) is 5.82 Å². The summed E-state index contributed by atoms with van der Waals surface area (Å²) >= 11 is 6.65. The molecule has 2 aromatic rings. The molecule has 0 aromatic heterocycles. The molecule has 0 aliphatic carbocycles. The van der Waals surface area contributed by atoms with Gasteiger partial charge in [0.25, 0.3) is 0 Å². The highest BCUT2D eigenvalue weighted by molar-refractivity contribution is 9.10. The highest BCUT2D eigenvalue weighted by atomic mass is 79.9. The van der Waals surface area contributed by atoms with Crippen molar-refractivity contribution in [3.05, 3.63) is 64.4 Å². The molecule has 0 bridgehead atoms.